The first kappa shape index (κ1) is 12.5. The molecule has 1 nitrogen and oxygen atoms in total. The summed E-state index contributed by atoms with van der Waals surface area (Å²) in [6.45, 7) is 5.63. The normalized spacial score (nSPS) is 22.5. The number of thioether (sulfide) groups is 1. The van der Waals surface area contributed by atoms with Crippen molar-refractivity contribution in [1.29, 1.82) is 0 Å². The summed E-state index contributed by atoms with van der Waals surface area (Å²) in [5.74, 6) is 3.52. The summed E-state index contributed by atoms with van der Waals surface area (Å²) in [6.07, 6.45) is 2.60. The molecule has 1 aliphatic heterocycles. The zero-order valence-electron chi connectivity index (χ0n) is 10.2. The second-order valence-electron chi connectivity index (χ2n) is 4.52. The van der Waals surface area contributed by atoms with Crippen molar-refractivity contribution in [2.45, 2.75) is 32.7 Å². The van der Waals surface area contributed by atoms with Gasteiger partial charge in [0.15, 0.2) is 0 Å². The van der Waals surface area contributed by atoms with E-state index in [9.17, 15) is 0 Å². The molecule has 0 amide bonds. The zero-order chi connectivity index (χ0) is 11.4. The third kappa shape index (κ3) is 2.82. The highest BCUT2D eigenvalue weighted by Gasteiger charge is 2.27. The van der Waals surface area contributed by atoms with E-state index < -0.39 is 0 Å². The fraction of sp³-hybridized carbons (Fsp3) is 0.692. The molecule has 16 heavy (non-hydrogen) atoms. The minimum absolute atomic E-state index is 0.606. The van der Waals surface area contributed by atoms with E-state index >= 15 is 0 Å². The molecule has 0 radical (unpaired) electrons. The Morgan fingerprint density at radius 2 is 2.44 bits per heavy atom. The molecule has 0 aliphatic carbocycles. The maximum atomic E-state index is 3.75. The molecule has 1 aromatic heterocycles. The number of hydrogen-bond donors (Lipinski definition) is 1. The number of hydrogen-bond acceptors (Lipinski definition) is 3. The topological polar surface area (TPSA) is 12.0 Å². The lowest BCUT2D eigenvalue weighted by Gasteiger charge is -2.24. The van der Waals surface area contributed by atoms with Gasteiger partial charge in [0.2, 0.25) is 0 Å². The lowest BCUT2D eigenvalue weighted by molar-refractivity contribution is 0.398. The van der Waals surface area contributed by atoms with Crippen LogP contribution in [0.3, 0.4) is 0 Å². The average molecular weight is 255 g/mol. The molecule has 2 unspecified atom stereocenters. The predicted octanol–water partition coefficient (Wildman–Crippen LogP) is 3.85. The molecule has 1 aliphatic rings. The Morgan fingerprint density at radius 3 is 3.00 bits per heavy atom. The Kier molecular flexibility index (Phi) is 4.74. The summed E-state index contributed by atoms with van der Waals surface area (Å²) in [7, 11) is 0. The first-order valence-electron chi connectivity index (χ1n) is 6.18. The standard InChI is InChI=1S/C13H21NS2/c1-3-6-14-12(11-5-7-15-9-11)13-10(2)4-8-16-13/h4,8,11-12,14H,3,5-7,9H2,1-2H3. The summed E-state index contributed by atoms with van der Waals surface area (Å²) in [6, 6.07) is 2.86. The monoisotopic (exact) mass is 255 g/mol. The van der Waals surface area contributed by atoms with Gasteiger partial charge >= 0.3 is 0 Å². The van der Waals surface area contributed by atoms with E-state index in [2.05, 4.69) is 42.4 Å². The number of rotatable bonds is 5. The highest BCUT2D eigenvalue weighted by molar-refractivity contribution is 7.99. The van der Waals surface area contributed by atoms with E-state index in [1.54, 1.807) is 4.88 Å². The Balaban J connectivity index is 2.10. The predicted molar refractivity (Wildman–Crippen MR) is 75.5 cm³/mol. The van der Waals surface area contributed by atoms with Gasteiger partial charge < -0.3 is 5.32 Å². The number of aryl methyl sites for hydroxylation is 1. The van der Waals surface area contributed by atoms with E-state index in [4.69, 9.17) is 0 Å². The van der Waals surface area contributed by atoms with E-state index in [0.717, 1.165) is 12.5 Å². The van der Waals surface area contributed by atoms with Crippen LogP contribution in [0.25, 0.3) is 0 Å². The molecule has 3 heteroatoms. The van der Waals surface area contributed by atoms with Crippen LogP contribution in [-0.4, -0.2) is 18.1 Å². The van der Waals surface area contributed by atoms with Crippen molar-refractivity contribution in [2.75, 3.05) is 18.1 Å². The maximum Gasteiger partial charge on any atom is 0.0454 e. The van der Waals surface area contributed by atoms with E-state index in [0.29, 0.717) is 6.04 Å². The van der Waals surface area contributed by atoms with E-state index in [1.165, 1.54) is 29.9 Å². The lowest BCUT2D eigenvalue weighted by atomic mass is 9.96. The molecule has 1 N–H and O–H groups in total. The summed E-state index contributed by atoms with van der Waals surface area (Å²) in [4.78, 5) is 1.57. The smallest absolute Gasteiger partial charge is 0.0454 e. The molecule has 1 aromatic rings. The molecular formula is C13H21NS2. The van der Waals surface area contributed by atoms with Crippen molar-refractivity contribution in [3.63, 3.8) is 0 Å². The molecule has 0 aromatic carbocycles. The van der Waals surface area contributed by atoms with Gasteiger partial charge in [0, 0.05) is 10.9 Å². The van der Waals surface area contributed by atoms with E-state index in [-0.39, 0.29) is 0 Å². The van der Waals surface area contributed by atoms with Crippen molar-refractivity contribution >= 4 is 23.1 Å². The highest BCUT2D eigenvalue weighted by atomic mass is 32.2. The molecule has 2 atom stereocenters. The van der Waals surface area contributed by atoms with Gasteiger partial charge in [-0.15, -0.1) is 11.3 Å². The third-order valence-corrected chi connectivity index (χ3v) is 5.52. The van der Waals surface area contributed by atoms with Gasteiger partial charge in [-0.2, -0.15) is 11.8 Å². The van der Waals surface area contributed by atoms with Crippen molar-refractivity contribution < 1.29 is 0 Å². The molecule has 0 saturated carbocycles. The van der Waals surface area contributed by atoms with Crippen LogP contribution in [0.2, 0.25) is 0 Å². The quantitative estimate of drug-likeness (QED) is 0.857. The number of thiophene rings is 1. The van der Waals surface area contributed by atoms with Crippen LogP contribution in [0.5, 0.6) is 0 Å². The van der Waals surface area contributed by atoms with Crippen LogP contribution in [0.15, 0.2) is 11.4 Å². The average Bonchev–Trinajstić information content (AvgIpc) is 2.91. The van der Waals surface area contributed by atoms with Gasteiger partial charge in [-0.25, -0.2) is 0 Å². The Morgan fingerprint density at radius 1 is 1.56 bits per heavy atom. The zero-order valence-corrected chi connectivity index (χ0v) is 11.8. The van der Waals surface area contributed by atoms with Gasteiger partial charge in [-0.3, -0.25) is 0 Å². The lowest BCUT2D eigenvalue weighted by Crippen LogP contribution is -2.28. The first-order chi connectivity index (χ1) is 7.83. The van der Waals surface area contributed by atoms with Gasteiger partial charge in [0.1, 0.15) is 0 Å². The van der Waals surface area contributed by atoms with Crippen molar-refractivity contribution in [3.05, 3.63) is 21.9 Å². The minimum Gasteiger partial charge on any atom is -0.309 e. The van der Waals surface area contributed by atoms with Gasteiger partial charge in [-0.05, 0) is 60.7 Å². The van der Waals surface area contributed by atoms with E-state index in [1.807, 2.05) is 11.3 Å². The summed E-state index contributed by atoms with van der Waals surface area (Å²) in [5, 5.41) is 5.98. The molecule has 0 bridgehead atoms. The molecule has 1 saturated heterocycles. The van der Waals surface area contributed by atoms with Crippen LogP contribution >= 0.6 is 23.1 Å². The third-order valence-electron chi connectivity index (χ3n) is 3.23. The summed E-state index contributed by atoms with van der Waals surface area (Å²) < 4.78 is 0. The Labute approximate surface area is 107 Å². The van der Waals surface area contributed by atoms with Crippen LogP contribution in [0.4, 0.5) is 0 Å². The molecular weight excluding hydrogens is 234 g/mol. The molecule has 0 spiro atoms. The van der Waals surface area contributed by atoms with Gasteiger partial charge in [0.25, 0.3) is 0 Å². The maximum absolute atomic E-state index is 3.75. The second kappa shape index (κ2) is 6.08. The molecule has 2 heterocycles. The fourth-order valence-electron chi connectivity index (χ4n) is 2.29. The Hall–Kier alpha value is 0.01000. The van der Waals surface area contributed by atoms with Crippen molar-refractivity contribution in [3.8, 4) is 0 Å². The number of nitrogens with one attached hydrogen (secondary N) is 1. The first-order valence-corrected chi connectivity index (χ1v) is 8.21. The highest BCUT2D eigenvalue weighted by Crippen LogP contribution is 2.37. The van der Waals surface area contributed by atoms with Crippen molar-refractivity contribution in [1.82, 2.24) is 5.32 Å². The van der Waals surface area contributed by atoms with Crippen LogP contribution in [0.1, 0.15) is 36.2 Å². The van der Waals surface area contributed by atoms with Crippen LogP contribution < -0.4 is 5.32 Å². The second-order valence-corrected chi connectivity index (χ2v) is 6.62. The largest absolute Gasteiger partial charge is 0.309 e. The SMILES string of the molecule is CCCNC(c1sccc1C)C1CCSC1. The molecule has 2 rings (SSSR count). The fourth-order valence-corrected chi connectivity index (χ4v) is 4.69. The Bertz CT molecular complexity index is 315. The summed E-state index contributed by atoms with van der Waals surface area (Å²) in [5.41, 5.74) is 1.47. The van der Waals surface area contributed by atoms with Crippen molar-refractivity contribution in [2.24, 2.45) is 5.92 Å². The van der Waals surface area contributed by atoms with Crippen LogP contribution in [-0.2, 0) is 0 Å². The molecule has 1 fully saturated rings. The van der Waals surface area contributed by atoms with Gasteiger partial charge in [-0.1, -0.05) is 6.92 Å². The minimum atomic E-state index is 0.606. The van der Waals surface area contributed by atoms with Crippen LogP contribution in [0, 0.1) is 12.8 Å². The summed E-state index contributed by atoms with van der Waals surface area (Å²) >= 11 is 4.03. The van der Waals surface area contributed by atoms with Gasteiger partial charge in [0.05, 0.1) is 0 Å². The molecule has 90 valence electrons.